The summed E-state index contributed by atoms with van der Waals surface area (Å²) in [4.78, 5) is 10.6. The summed E-state index contributed by atoms with van der Waals surface area (Å²) in [6, 6.07) is 8.39. The molecule has 0 aliphatic carbocycles. The normalized spacial score (nSPS) is 11.0. The molecule has 0 saturated heterocycles. The summed E-state index contributed by atoms with van der Waals surface area (Å²) in [5, 5.41) is 1.31. The number of H-pyrrole nitrogens is 2. The van der Waals surface area contributed by atoms with Crippen molar-refractivity contribution in [3.8, 4) is 0 Å². The highest BCUT2D eigenvalue weighted by molar-refractivity contribution is 5.83. The molecule has 2 heterocycles. The van der Waals surface area contributed by atoms with E-state index >= 15 is 0 Å². The van der Waals surface area contributed by atoms with Gasteiger partial charge in [-0.1, -0.05) is 18.2 Å². The van der Waals surface area contributed by atoms with Gasteiger partial charge in [0.1, 0.15) is 5.82 Å². The maximum absolute atomic E-state index is 4.23. The zero-order valence-electron chi connectivity index (χ0n) is 8.90. The van der Waals surface area contributed by atoms with E-state index in [9.17, 15) is 0 Å². The van der Waals surface area contributed by atoms with Gasteiger partial charge in [-0.05, 0) is 18.1 Å². The van der Waals surface area contributed by atoms with Crippen molar-refractivity contribution in [1.82, 2.24) is 15.0 Å². The van der Waals surface area contributed by atoms with Crippen LogP contribution in [0, 0.1) is 0 Å². The molecule has 0 atom stereocenters. The van der Waals surface area contributed by atoms with Gasteiger partial charge in [0.25, 0.3) is 0 Å². The highest BCUT2D eigenvalue weighted by Gasteiger charge is 2.03. The molecule has 80 valence electrons. The van der Waals surface area contributed by atoms with Gasteiger partial charge in [0.15, 0.2) is 0 Å². The van der Waals surface area contributed by atoms with Crippen LogP contribution in [0.3, 0.4) is 0 Å². The van der Waals surface area contributed by atoms with Gasteiger partial charge in [-0.2, -0.15) is 0 Å². The molecule has 0 aliphatic heterocycles. The first-order valence-electron chi connectivity index (χ1n) is 5.47. The Labute approximate surface area is 93.5 Å². The van der Waals surface area contributed by atoms with Gasteiger partial charge >= 0.3 is 0 Å². The lowest BCUT2D eigenvalue weighted by Gasteiger charge is -1.97. The number of hydrogen-bond acceptors (Lipinski definition) is 1. The van der Waals surface area contributed by atoms with Crippen molar-refractivity contribution in [2.75, 3.05) is 0 Å². The van der Waals surface area contributed by atoms with Crippen molar-refractivity contribution in [3.05, 3.63) is 54.2 Å². The van der Waals surface area contributed by atoms with Gasteiger partial charge in [-0.3, -0.25) is 0 Å². The Balaban J connectivity index is 1.84. The van der Waals surface area contributed by atoms with Gasteiger partial charge in [0.2, 0.25) is 0 Å². The SMILES string of the molecule is c1ccc2c(CCc3ncc[nH]3)c[nH]c2c1. The van der Waals surface area contributed by atoms with E-state index < -0.39 is 0 Å². The highest BCUT2D eigenvalue weighted by atomic mass is 14.9. The van der Waals surface area contributed by atoms with E-state index in [1.54, 1.807) is 6.20 Å². The molecule has 16 heavy (non-hydrogen) atoms. The average molecular weight is 211 g/mol. The van der Waals surface area contributed by atoms with Crippen LogP contribution in [0.1, 0.15) is 11.4 Å². The zero-order valence-corrected chi connectivity index (χ0v) is 8.90. The Bertz CT molecular complexity index is 578. The molecule has 0 radical (unpaired) electrons. The molecule has 2 aromatic heterocycles. The third kappa shape index (κ3) is 1.60. The summed E-state index contributed by atoms with van der Waals surface area (Å²) < 4.78 is 0. The standard InChI is InChI=1S/C13H13N3/c1-2-4-12-11(3-1)10(9-16-12)5-6-13-14-7-8-15-13/h1-4,7-9,16H,5-6H2,(H,14,15). The Kier molecular flexibility index (Phi) is 2.22. The Morgan fingerprint density at radius 1 is 1.06 bits per heavy atom. The molecular formula is C13H13N3. The molecule has 2 N–H and O–H groups in total. The van der Waals surface area contributed by atoms with Crippen molar-refractivity contribution in [1.29, 1.82) is 0 Å². The fraction of sp³-hybridized carbons (Fsp3) is 0.154. The molecule has 0 bridgehead atoms. The molecule has 0 amide bonds. The maximum atomic E-state index is 4.23. The van der Waals surface area contributed by atoms with E-state index in [0.717, 1.165) is 18.7 Å². The number of fused-ring (bicyclic) bond motifs is 1. The number of para-hydroxylation sites is 1. The van der Waals surface area contributed by atoms with Gasteiger partial charge in [0, 0.05) is 35.9 Å². The fourth-order valence-electron chi connectivity index (χ4n) is 2.03. The van der Waals surface area contributed by atoms with Crippen molar-refractivity contribution in [3.63, 3.8) is 0 Å². The second-order valence-corrected chi connectivity index (χ2v) is 3.90. The number of hydrogen-bond donors (Lipinski definition) is 2. The van der Waals surface area contributed by atoms with Crippen molar-refractivity contribution >= 4 is 10.9 Å². The lowest BCUT2D eigenvalue weighted by Crippen LogP contribution is -1.92. The largest absolute Gasteiger partial charge is 0.361 e. The van der Waals surface area contributed by atoms with E-state index in [-0.39, 0.29) is 0 Å². The summed E-state index contributed by atoms with van der Waals surface area (Å²) in [7, 11) is 0. The van der Waals surface area contributed by atoms with E-state index in [4.69, 9.17) is 0 Å². The van der Waals surface area contributed by atoms with Crippen LogP contribution in [0.2, 0.25) is 0 Å². The number of aromatic amines is 2. The molecule has 0 unspecified atom stereocenters. The van der Waals surface area contributed by atoms with E-state index in [0.29, 0.717) is 0 Å². The zero-order chi connectivity index (χ0) is 10.8. The van der Waals surface area contributed by atoms with Crippen LogP contribution in [-0.2, 0) is 12.8 Å². The smallest absolute Gasteiger partial charge is 0.106 e. The van der Waals surface area contributed by atoms with Gasteiger partial charge in [-0.15, -0.1) is 0 Å². The first kappa shape index (κ1) is 9.21. The van der Waals surface area contributed by atoms with Crippen molar-refractivity contribution < 1.29 is 0 Å². The molecular weight excluding hydrogens is 198 g/mol. The number of benzene rings is 1. The molecule has 3 aromatic rings. The lowest BCUT2D eigenvalue weighted by molar-refractivity contribution is 0.889. The minimum atomic E-state index is 0.953. The third-order valence-corrected chi connectivity index (χ3v) is 2.86. The summed E-state index contributed by atoms with van der Waals surface area (Å²) in [6.07, 6.45) is 7.72. The Hall–Kier alpha value is -2.03. The Morgan fingerprint density at radius 2 is 2.00 bits per heavy atom. The number of aromatic nitrogens is 3. The molecule has 0 fully saturated rings. The predicted molar refractivity (Wildman–Crippen MR) is 64.3 cm³/mol. The summed E-state index contributed by atoms with van der Waals surface area (Å²) >= 11 is 0. The van der Waals surface area contributed by atoms with E-state index in [2.05, 4.69) is 45.4 Å². The second kappa shape index (κ2) is 3.85. The van der Waals surface area contributed by atoms with Gasteiger partial charge in [0.05, 0.1) is 0 Å². The molecule has 0 saturated carbocycles. The Morgan fingerprint density at radius 3 is 2.88 bits per heavy atom. The predicted octanol–water partition coefficient (Wildman–Crippen LogP) is 2.68. The molecule has 3 rings (SSSR count). The van der Waals surface area contributed by atoms with Crippen LogP contribution >= 0.6 is 0 Å². The average Bonchev–Trinajstić information content (AvgIpc) is 2.96. The van der Waals surface area contributed by atoms with Gasteiger partial charge < -0.3 is 9.97 Å². The van der Waals surface area contributed by atoms with E-state index in [1.165, 1.54) is 16.5 Å². The third-order valence-electron chi connectivity index (χ3n) is 2.86. The molecule has 0 spiro atoms. The molecule has 3 nitrogen and oxygen atoms in total. The van der Waals surface area contributed by atoms with Crippen LogP contribution in [0.4, 0.5) is 0 Å². The molecule has 1 aromatic carbocycles. The maximum Gasteiger partial charge on any atom is 0.106 e. The minimum Gasteiger partial charge on any atom is -0.361 e. The van der Waals surface area contributed by atoms with Crippen LogP contribution < -0.4 is 0 Å². The quantitative estimate of drug-likeness (QED) is 0.687. The van der Waals surface area contributed by atoms with Crippen molar-refractivity contribution in [2.45, 2.75) is 12.8 Å². The highest BCUT2D eigenvalue weighted by Crippen LogP contribution is 2.18. The first-order valence-corrected chi connectivity index (χ1v) is 5.47. The van der Waals surface area contributed by atoms with Gasteiger partial charge in [-0.25, -0.2) is 4.98 Å². The molecule has 3 heteroatoms. The number of nitrogens with zero attached hydrogens (tertiary/aromatic N) is 1. The minimum absolute atomic E-state index is 0.953. The molecule has 0 aliphatic rings. The van der Waals surface area contributed by atoms with Crippen molar-refractivity contribution in [2.24, 2.45) is 0 Å². The second-order valence-electron chi connectivity index (χ2n) is 3.90. The monoisotopic (exact) mass is 211 g/mol. The lowest BCUT2D eigenvalue weighted by atomic mass is 10.1. The summed E-state index contributed by atoms with van der Waals surface area (Å²) in [5.41, 5.74) is 2.56. The van der Waals surface area contributed by atoms with Crippen LogP contribution in [0.25, 0.3) is 10.9 Å². The number of rotatable bonds is 3. The van der Waals surface area contributed by atoms with Crippen LogP contribution in [-0.4, -0.2) is 15.0 Å². The topological polar surface area (TPSA) is 44.5 Å². The van der Waals surface area contributed by atoms with Crippen LogP contribution in [0.15, 0.2) is 42.9 Å². The van der Waals surface area contributed by atoms with E-state index in [1.807, 2.05) is 6.20 Å². The number of imidazole rings is 1. The van der Waals surface area contributed by atoms with Crippen LogP contribution in [0.5, 0.6) is 0 Å². The number of aryl methyl sites for hydroxylation is 2. The summed E-state index contributed by atoms with van der Waals surface area (Å²) in [5.74, 6) is 1.05. The summed E-state index contributed by atoms with van der Waals surface area (Å²) in [6.45, 7) is 0. The fourth-order valence-corrected chi connectivity index (χ4v) is 2.03. The first-order chi connectivity index (χ1) is 7.93. The number of nitrogens with one attached hydrogen (secondary N) is 2.